The van der Waals surface area contributed by atoms with Gasteiger partial charge in [0.25, 0.3) is 0 Å². The molecule has 5 heteroatoms. The molecule has 156 valence electrons. The monoisotopic (exact) mass is 400 g/mol. The first-order valence-electron chi connectivity index (χ1n) is 10.3. The van der Waals surface area contributed by atoms with Crippen LogP contribution in [0.15, 0.2) is 60.7 Å². The van der Waals surface area contributed by atoms with Crippen molar-refractivity contribution >= 4 is 5.97 Å². The van der Waals surface area contributed by atoms with E-state index >= 15 is 0 Å². The zero-order valence-electron chi connectivity index (χ0n) is 16.5. The van der Waals surface area contributed by atoms with E-state index in [1.807, 2.05) is 6.08 Å². The number of aliphatic hydroxyl groups is 1. The first-order valence-corrected chi connectivity index (χ1v) is 10.3. The lowest BCUT2D eigenvalue weighted by Crippen LogP contribution is -2.19. The molecule has 0 radical (unpaired) electrons. The number of benzene rings is 1. The molecule has 2 N–H and O–H groups in total. The number of carbonyl (C=O) groups is 1. The lowest BCUT2D eigenvalue weighted by molar-refractivity contribution is -0.137. The summed E-state index contributed by atoms with van der Waals surface area (Å²) >= 11 is 0. The Morgan fingerprint density at radius 3 is 2.72 bits per heavy atom. The van der Waals surface area contributed by atoms with E-state index in [0.717, 1.165) is 19.3 Å². The summed E-state index contributed by atoms with van der Waals surface area (Å²) in [4.78, 5) is 10.6. The normalized spacial score (nSPS) is 26.6. The molecule has 0 amide bonds. The average molecular weight is 400 g/mol. The highest BCUT2D eigenvalue weighted by Crippen LogP contribution is 2.50. The Morgan fingerprint density at radius 1 is 1.21 bits per heavy atom. The van der Waals surface area contributed by atoms with E-state index in [1.165, 1.54) is 12.1 Å². The molecule has 5 atom stereocenters. The predicted molar refractivity (Wildman–Crippen MR) is 110 cm³/mol. The molecule has 4 nitrogen and oxygen atoms in total. The van der Waals surface area contributed by atoms with Gasteiger partial charge in [0.2, 0.25) is 0 Å². The molecule has 3 rings (SSSR count). The van der Waals surface area contributed by atoms with Crippen LogP contribution in [0.25, 0.3) is 0 Å². The predicted octanol–water partition coefficient (Wildman–Crippen LogP) is 4.76. The van der Waals surface area contributed by atoms with Crippen LogP contribution in [-0.2, 0) is 4.79 Å². The van der Waals surface area contributed by atoms with Crippen molar-refractivity contribution in [3.63, 3.8) is 0 Å². The molecule has 1 aromatic rings. The molecule has 2 unspecified atom stereocenters. The van der Waals surface area contributed by atoms with Gasteiger partial charge in [-0.1, -0.05) is 36.5 Å². The second-order valence-electron chi connectivity index (χ2n) is 7.90. The van der Waals surface area contributed by atoms with Crippen LogP contribution in [0.1, 0.15) is 32.1 Å². The first-order chi connectivity index (χ1) is 14.0. The topological polar surface area (TPSA) is 66.8 Å². The molecule has 2 aliphatic carbocycles. The van der Waals surface area contributed by atoms with E-state index in [2.05, 4.69) is 30.4 Å². The lowest BCUT2D eigenvalue weighted by Gasteiger charge is -2.25. The van der Waals surface area contributed by atoms with Crippen LogP contribution in [-0.4, -0.2) is 28.9 Å². The third-order valence-corrected chi connectivity index (χ3v) is 5.81. The molecule has 2 aliphatic rings. The van der Waals surface area contributed by atoms with Crippen molar-refractivity contribution in [1.29, 1.82) is 0 Å². The number of aliphatic carboxylic acids is 1. The first kappa shape index (κ1) is 21.3. The number of fused-ring (bicyclic) bond motifs is 2. The highest BCUT2D eigenvalue weighted by molar-refractivity contribution is 5.66. The van der Waals surface area contributed by atoms with Gasteiger partial charge in [-0.05, 0) is 73.6 Å². The Kier molecular flexibility index (Phi) is 7.64. The molecule has 0 saturated heterocycles. The fraction of sp³-hybridized carbons (Fsp3) is 0.458. The van der Waals surface area contributed by atoms with Crippen molar-refractivity contribution in [3.8, 4) is 5.75 Å². The highest BCUT2D eigenvalue weighted by atomic mass is 19.1. The zero-order valence-corrected chi connectivity index (χ0v) is 16.5. The summed E-state index contributed by atoms with van der Waals surface area (Å²) in [6.07, 6.45) is 15.9. The number of unbranched alkanes of at least 4 members (excludes halogenated alkanes) is 1. The summed E-state index contributed by atoms with van der Waals surface area (Å²) in [5, 5.41) is 18.9. The molecule has 1 saturated carbocycles. The molecule has 2 bridgehead atoms. The van der Waals surface area contributed by atoms with Crippen molar-refractivity contribution in [2.75, 3.05) is 6.61 Å². The van der Waals surface area contributed by atoms with E-state index in [9.17, 15) is 14.3 Å². The summed E-state index contributed by atoms with van der Waals surface area (Å²) in [5.74, 6) is 1.48. The minimum absolute atomic E-state index is 0.132. The Bertz CT molecular complexity index is 753. The molecule has 0 spiro atoms. The smallest absolute Gasteiger partial charge is 0.303 e. The van der Waals surface area contributed by atoms with Gasteiger partial charge in [0.15, 0.2) is 0 Å². The van der Waals surface area contributed by atoms with Gasteiger partial charge in [0.1, 0.15) is 24.3 Å². The SMILES string of the molecule is O=C(O)CCCC=CC[C@H]1C2C=CC(C2)[C@@H]1C=C[C@@H](O)COc1ccc(F)cc1. The number of hydrogen-bond acceptors (Lipinski definition) is 3. The summed E-state index contributed by atoms with van der Waals surface area (Å²) in [7, 11) is 0. The quantitative estimate of drug-likeness (QED) is 0.415. The minimum Gasteiger partial charge on any atom is -0.491 e. The second kappa shape index (κ2) is 10.4. The van der Waals surface area contributed by atoms with Crippen LogP contribution in [0.2, 0.25) is 0 Å². The third kappa shape index (κ3) is 6.29. The molecular formula is C24H29FO4. The number of halogens is 1. The van der Waals surface area contributed by atoms with E-state index in [0.29, 0.717) is 35.8 Å². The molecule has 0 aliphatic heterocycles. The van der Waals surface area contributed by atoms with Gasteiger partial charge in [-0.25, -0.2) is 4.39 Å². The molecule has 0 heterocycles. The van der Waals surface area contributed by atoms with Gasteiger partial charge in [-0.15, -0.1) is 0 Å². The largest absolute Gasteiger partial charge is 0.491 e. The van der Waals surface area contributed by atoms with Gasteiger partial charge >= 0.3 is 5.97 Å². The van der Waals surface area contributed by atoms with Gasteiger partial charge in [-0.2, -0.15) is 0 Å². The minimum atomic E-state index is -0.746. The second-order valence-corrected chi connectivity index (χ2v) is 7.90. The van der Waals surface area contributed by atoms with Crippen LogP contribution in [0, 0.1) is 29.5 Å². The highest BCUT2D eigenvalue weighted by Gasteiger charge is 2.42. The van der Waals surface area contributed by atoms with Crippen molar-refractivity contribution < 1.29 is 24.1 Å². The number of aliphatic hydroxyl groups excluding tert-OH is 1. The Labute approximate surface area is 171 Å². The van der Waals surface area contributed by atoms with Crippen LogP contribution >= 0.6 is 0 Å². The maximum absolute atomic E-state index is 12.9. The molecule has 0 aromatic heterocycles. The van der Waals surface area contributed by atoms with Crippen molar-refractivity contribution in [2.45, 2.75) is 38.2 Å². The van der Waals surface area contributed by atoms with Crippen LogP contribution < -0.4 is 4.74 Å². The van der Waals surface area contributed by atoms with Gasteiger partial charge in [0, 0.05) is 6.42 Å². The maximum Gasteiger partial charge on any atom is 0.303 e. The van der Waals surface area contributed by atoms with E-state index in [4.69, 9.17) is 9.84 Å². The third-order valence-electron chi connectivity index (χ3n) is 5.81. The average Bonchev–Trinajstić information content (AvgIpc) is 3.30. The van der Waals surface area contributed by atoms with Crippen molar-refractivity contribution in [2.24, 2.45) is 23.7 Å². The number of allylic oxidation sites excluding steroid dienone is 5. The number of rotatable bonds is 11. The Hall–Kier alpha value is -2.40. The zero-order chi connectivity index (χ0) is 20.6. The number of ether oxygens (including phenoxy) is 1. The fourth-order valence-electron chi connectivity index (χ4n) is 4.35. The van der Waals surface area contributed by atoms with Gasteiger partial charge in [-0.3, -0.25) is 4.79 Å². The summed E-state index contributed by atoms with van der Waals surface area (Å²) in [5.41, 5.74) is 0. The summed E-state index contributed by atoms with van der Waals surface area (Å²) < 4.78 is 18.4. The molecule has 1 aromatic carbocycles. The molecule has 29 heavy (non-hydrogen) atoms. The fourth-order valence-corrected chi connectivity index (χ4v) is 4.35. The van der Waals surface area contributed by atoms with Crippen LogP contribution in [0.5, 0.6) is 5.75 Å². The lowest BCUT2D eigenvalue weighted by atomic mass is 9.80. The van der Waals surface area contributed by atoms with Crippen molar-refractivity contribution in [3.05, 3.63) is 66.5 Å². The number of carboxylic acids is 1. The van der Waals surface area contributed by atoms with E-state index in [-0.39, 0.29) is 18.8 Å². The van der Waals surface area contributed by atoms with E-state index in [1.54, 1.807) is 12.1 Å². The van der Waals surface area contributed by atoms with E-state index < -0.39 is 12.1 Å². The molecule has 1 fully saturated rings. The maximum atomic E-state index is 12.9. The molecular weight excluding hydrogens is 371 g/mol. The summed E-state index contributed by atoms with van der Waals surface area (Å²) in [6.45, 7) is 0.132. The number of hydrogen-bond donors (Lipinski definition) is 2. The standard InChI is InChI=1S/C24H29FO4/c25-19-9-12-21(13-10-19)29-16-20(26)11-14-23-18-8-7-17(15-18)22(23)5-3-1-2-4-6-24(27)28/h1,3,7-14,17-18,20,22-23,26H,2,4-6,15-16H2,(H,27,28)/t17?,18?,20-,22+,23+/m1/s1. The van der Waals surface area contributed by atoms with Crippen LogP contribution in [0.3, 0.4) is 0 Å². The van der Waals surface area contributed by atoms with Crippen molar-refractivity contribution in [1.82, 2.24) is 0 Å². The van der Waals surface area contributed by atoms with Gasteiger partial charge in [0.05, 0.1) is 0 Å². The Balaban J connectivity index is 1.47. The van der Waals surface area contributed by atoms with Gasteiger partial charge < -0.3 is 14.9 Å². The summed E-state index contributed by atoms with van der Waals surface area (Å²) in [6, 6.07) is 5.76. The Morgan fingerprint density at radius 2 is 1.97 bits per heavy atom. The number of carboxylic acid groups (broad SMARTS) is 1. The van der Waals surface area contributed by atoms with Crippen LogP contribution in [0.4, 0.5) is 4.39 Å².